The zero-order valence-electron chi connectivity index (χ0n) is 12.2. The van der Waals surface area contributed by atoms with Crippen molar-refractivity contribution in [3.05, 3.63) is 35.4 Å². The van der Waals surface area contributed by atoms with Crippen molar-refractivity contribution < 1.29 is 13.5 Å². The first-order valence-corrected chi connectivity index (χ1v) is 7.40. The minimum absolute atomic E-state index is 0.0444. The van der Waals surface area contributed by atoms with Crippen LogP contribution in [0.4, 0.5) is 8.78 Å². The van der Waals surface area contributed by atoms with Crippen LogP contribution in [-0.4, -0.2) is 18.2 Å². The average molecular weight is 283 g/mol. The molecule has 0 bridgehead atoms. The van der Waals surface area contributed by atoms with Gasteiger partial charge in [-0.3, -0.25) is 0 Å². The van der Waals surface area contributed by atoms with Crippen LogP contribution >= 0.6 is 0 Å². The van der Waals surface area contributed by atoms with E-state index in [-0.39, 0.29) is 5.60 Å². The molecule has 0 amide bonds. The highest BCUT2D eigenvalue weighted by atomic mass is 19.1. The monoisotopic (exact) mass is 283 g/mol. The van der Waals surface area contributed by atoms with Gasteiger partial charge in [0.05, 0.1) is 5.60 Å². The molecule has 0 aromatic heterocycles. The van der Waals surface area contributed by atoms with Crippen molar-refractivity contribution in [3.8, 4) is 0 Å². The van der Waals surface area contributed by atoms with Crippen molar-refractivity contribution in [2.75, 3.05) is 6.61 Å². The number of halogens is 2. The molecule has 2 rings (SSSR count). The van der Waals surface area contributed by atoms with Crippen molar-refractivity contribution in [1.29, 1.82) is 0 Å². The van der Waals surface area contributed by atoms with Gasteiger partial charge in [0, 0.05) is 30.8 Å². The van der Waals surface area contributed by atoms with Crippen molar-refractivity contribution in [2.24, 2.45) is 0 Å². The summed E-state index contributed by atoms with van der Waals surface area (Å²) in [6.45, 7) is 5.46. The summed E-state index contributed by atoms with van der Waals surface area (Å²) in [5.41, 5.74) is 0.466. The fourth-order valence-electron chi connectivity index (χ4n) is 2.86. The Bertz CT molecular complexity index is 446. The van der Waals surface area contributed by atoms with Crippen molar-refractivity contribution >= 4 is 0 Å². The number of hydrogen-bond acceptors (Lipinski definition) is 2. The maximum atomic E-state index is 13.6. The summed E-state index contributed by atoms with van der Waals surface area (Å²) in [5.74, 6) is -1.02. The molecule has 0 aliphatic carbocycles. The number of hydrogen-bond donors (Lipinski definition) is 1. The summed E-state index contributed by atoms with van der Waals surface area (Å²) in [6.07, 6.45) is 3.87. The predicted molar refractivity (Wildman–Crippen MR) is 75.5 cm³/mol. The number of ether oxygens (including phenoxy) is 1. The summed E-state index contributed by atoms with van der Waals surface area (Å²) in [7, 11) is 0. The quantitative estimate of drug-likeness (QED) is 0.887. The second kappa shape index (κ2) is 6.64. The number of rotatable bonds is 5. The maximum absolute atomic E-state index is 13.6. The normalized spacial score (nSPS) is 21.9. The zero-order chi connectivity index (χ0) is 14.6. The average Bonchev–Trinajstić information content (AvgIpc) is 2.46. The molecule has 0 saturated carbocycles. The fraction of sp³-hybridized carbons (Fsp3) is 0.625. The largest absolute Gasteiger partial charge is 0.375 e. The van der Waals surface area contributed by atoms with Gasteiger partial charge in [-0.25, -0.2) is 8.78 Å². The number of benzene rings is 1. The van der Waals surface area contributed by atoms with Crippen molar-refractivity contribution in [3.63, 3.8) is 0 Å². The zero-order valence-corrected chi connectivity index (χ0v) is 12.2. The third-order valence-electron chi connectivity index (χ3n) is 4.38. The molecule has 1 atom stereocenters. The SMILES string of the molecule is CCC1(CC)CC(NCc2ccc(F)cc2F)CCO1. The Morgan fingerprint density at radius 2 is 2.05 bits per heavy atom. The lowest BCUT2D eigenvalue weighted by molar-refractivity contribution is -0.0932. The molecule has 4 heteroatoms. The molecular formula is C16H23F2NO. The first-order chi connectivity index (χ1) is 9.58. The van der Waals surface area contributed by atoms with Crippen LogP contribution in [0.5, 0.6) is 0 Å². The Balaban J connectivity index is 1.93. The molecular weight excluding hydrogens is 260 g/mol. The maximum Gasteiger partial charge on any atom is 0.130 e. The Kier molecular flexibility index (Phi) is 5.11. The standard InChI is InChI=1S/C16H23F2NO/c1-3-16(4-2)10-14(7-8-20-16)19-11-12-5-6-13(17)9-15(12)18/h5-6,9,14,19H,3-4,7-8,10-11H2,1-2H3. The van der Waals surface area contributed by atoms with Crippen molar-refractivity contribution in [1.82, 2.24) is 5.32 Å². The molecule has 1 aliphatic heterocycles. The van der Waals surface area contributed by atoms with Crippen LogP contribution in [0.3, 0.4) is 0 Å². The molecule has 1 aromatic rings. The molecule has 1 fully saturated rings. The van der Waals surface area contributed by atoms with Crippen molar-refractivity contribution in [2.45, 2.75) is 57.7 Å². The molecule has 1 aromatic carbocycles. The van der Waals surface area contributed by atoms with Gasteiger partial charge >= 0.3 is 0 Å². The summed E-state index contributed by atoms with van der Waals surface area (Å²) in [5, 5.41) is 3.38. The summed E-state index contributed by atoms with van der Waals surface area (Å²) in [6, 6.07) is 4.06. The molecule has 0 radical (unpaired) electrons. The minimum Gasteiger partial charge on any atom is -0.375 e. The third kappa shape index (κ3) is 3.55. The van der Waals surface area contributed by atoms with Gasteiger partial charge in [-0.1, -0.05) is 19.9 Å². The predicted octanol–water partition coefficient (Wildman–Crippen LogP) is 3.79. The lowest BCUT2D eigenvalue weighted by Crippen LogP contribution is -2.46. The molecule has 20 heavy (non-hydrogen) atoms. The van der Waals surface area contributed by atoms with E-state index in [1.54, 1.807) is 0 Å². The van der Waals surface area contributed by atoms with Crippen LogP contribution in [0.2, 0.25) is 0 Å². The van der Waals surface area contributed by atoms with Gasteiger partial charge in [0.1, 0.15) is 11.6 Å². The summed E-state index contributed by atoms with van der Waals surface area (Å²) in [4.78, 5) is 0. The van der Waals surface area contributed by atoms with Gasteiger partial charge in [0.2, 0.25) is 0 Å². The van der Waals surface area contributed by atoms with Gasteiger partial charge < -0.3 is 10.1 Å². The van der Waals surface area contributed by atoms with E-state index in [9.17, 15) is 8.78 Å². The Hall–Kier alpha value is -1.00. The lowest BCUT2D eigenvalue weighted by Gasteiger charge is -2.40. The first kappa shape index (κ1) is 15.4. The molecule has 1 unspecified atom stereocenters. The van der Waals surface area contributed by atoms with Crippen LogP contribution in [0, 0.1) is 11.6 Å². The highest BCUT2D eigenvalue weighted by Gasteiger charge is 2.34. The molecule has 1 saturated heterocycles. The second-order valence-electron chi connectivity index (χ2n) is 5.54. The third-order valence-corrected chi connectivity index (χ3v) is 4.38. The van der Waals surface area contributed by atoms with E-state index in [0.29, 0.717) is 18.2 Å². The Labute approximate surface area is 119 Å². The van der Waals surface area contributed by atoms with E-state index in [1.807, 2.05) is 0 Å². The van der Waals surface area contributed by atoms with Crippen LogP contribution in [0.25, 0.3) is 0 Å². The highest BCUT2D eigenvalue weighted by Crippen LogP contribution is 2.31. The van der Waals surface area contributed by atoms with E-state index in [1.165, 1.54) is 12.1 Å². The van der Waals surface area contributed by atoms with Gasteiger partial charge in [-0.15, -0.1) is 0 Å². The van der Waals surface area contributed by atoms with Crippen LogP contribution < -0.4 is 5.32 Å². The van der Waals surface area contributed by atoms with E-state index in [0.717, 1.165) is 38.4 Å². The Morgan fingerprint density at radius 1 is 1.30 bits per heavy atom. The van der Waals surface area contributed by atoms with E-state index >= 15 is 0 Å². The first-order valence-electron chi connectivity index (χ1n) is 7.40. The molecule has 0 spiro atoms. The topological polar surface area (TPSA) is 21.3 Å². The van der Waals surface area contributed by atoms with E-state index < -0.39 is 11.6 Å². The molecule has 1 N–H and O–H groups in total. The van der Waals surface area contributed by atoms with Gasteiger partial charge in [0.25, 0.3) is 0 Å². The smallest absolute Gasteiger partial charge is 0.130 e. The lowest BCUT2D eigenvalue weighted by atomic mass is 9.86. The minimum atomic E-state index is -0.534. The van der Waals surface area contributed by atoms with E-state index in [2.05, 4.69) is 19.2 Å². The summed E-state index contributed by atoms with van der Waals surface area (Å²) >= 11 is 0. The van der Waals surface area contributed by atoms with Gasteiger partial charge in [-0.2, -0.15) is 0 Å². The molecule has 2 nitrogen and oxygen atoms in total. The van der Waals surface area contributed by atoms with Crippen LogP contribution in [0.15, 0.2) is 18.2 Å². The molecule has 112 valence electrons. The van der Waals surface area contributed by atoms with Crippen LogP contribution in [-0.2, 0) is 11.3 Å². The molecule has 1 aliphatic rings. The van der Waals surface area contributed by atoms with Gasteiger partial charge in [-0.05, 0) is 31.7 Å². The van der Waals surface area contributed by atoms with E-state index in [4.69, 9.17) is 4.74 Å². The molecule has 1 heterocycles. The Morgan fingerprint density at radius 3 is 2.70 bits per heavy atom. The van der Waals surface area contributed by atoms with Crippen LogP contribution in [0.1, 0.15) is 45.1 Å². The highest BCUT2D eigenvalue weighted by molar-refractivity contribution is 5.18. The number of nitrogens with one attached hydrogen (secondary N) is 1. The second-order valence-corrected chi connectivity index (χ2v) is 5.54. The fourth-order valence-corrected chi connectivity index (χ4v) is 2.86. The summed E-state index contributed by atoms with van der Waals surface area (Å²) < 4.78 is 32.4. The van der Waals surface area contributed by atoms with Gasteiger partial charge in [0.15, 0.2) is 0 Å².